The lowest BCUT2D eigenvalue weighted by Crippen LogP contribution is -3.14. The van der Waals surface area contributed by atoms with E-state index in [1.165, 1.54) is 25.9 Å². The lowest BCUT2D eigenvalue weighted by Gasteiger charge is -2.27. The third kappa shape index (κ3) is 5.86. The molecule has 0 bridgehead atoms. The van der Waals surface area contributed by atoms with Crippen LogP contribution in [-0.4, -0.2) is 45.7 Å². The van der Waals surface area contributed by atoms with Crippen molar-refractivity contribution in [2.75, 3.05) is 39.5 Å². The van der Waals surface area contributed by atoms with Crippen molar-refractivity contribution in [2.24, 2.45) is 5.92 Å². The monoisotopic (exact) mass is 292 g/mol. The van der Waals surface area contributed by atoms with Crippen molar-refractivity contribution in [2.45, 2.75) is 19.8 Å². The second-order valence-corrected chi connectivity index (χ2v) is 5.85. The number of carbonyl (C=O) groups is 1. The summed E-state index contributed by atoms with van der Waals surface area (Å²) < 4.78 is 11.2. The summed E-state index contributed by atoms with van der Waals surface area (Å²) in [4.78, 5) is 12.2. The number of hydrogen-bond donors (Lipinski definition) is 1. The summed E-state index contributed by atoms with van der Waals surface area (Å²) in [6, 6.07) is 7.13. The van der Waals surface area contributed by atoms with Crippen LogP contribution in [0.15, 0.2) is 24.3 Å². The van der Waals surface area contributed by atoms with Crippen LogP contribution in [0.3, 0.4) is 0 Å². The normalized spacial score (nSPS) is 22.0. The van der Waals surface area contributed by atoms with Gasteiger partial charge in [-0.25, -0.2) is 0 Å². The Hall–Kier alpha value is -1.39. The Bertz CT molecular complexity index is 419. The second-order valence-electron chi connectivity index (χ2n) is 5.85. The predicted octanol–water partition coefficient (Wildman–Crippen LogP) is 1.21. The fourth-order valence-corrected chi connectivity index (χ4v) is 2.80. The first-order chi connectivity index (χ1) is 10.3. The Labute approximate surface area is 127 Å². The zero-order valence-corrected chi connectivity index (χ0v) is 12.8. The zero-order valence-electron chi connectivity index (χ0n) is 12.8. The Balaban J connectivity index is 1.52. The van der Waals surface area contributed by atoms with E-state index in [1.807, 2.05) is 12.1 Å². The number of piperidine rings is 1. The van der Waals surface area contributed by atoms with Gasteiger partial charge in [-0.2, -0.15) is 0 Å². The summed E-state index contributed by atoms with van der Waals surface area (Å²) in [6.07, 6.45) is 3.55. The molecule has 21 heavy (non-hydrogen) atoms. The summed E-state index contributed by atoms with van der Waals surface area (Å²) >= 11 is 0. The maximum Gasteiger partial charge on any atom is 0.150 e. The van der Waals surface area contributed by atoms with Crippen LogP contribution in [-0.2, 0) is 4.74 Å². The lowest BCUT2D eigenvalue weighted by molar-refractivity contribution is -0.908. The Kier molecular flexibility index (Phi) is 6.70. The number of ether oxygens (including phenoxy) is 2. The fourth-order valence-electron chi connectivity index (χ4n) is 2.80. The molecule has 1 N–H and O–H groups in total. The van der Waals surface area contributed by atoms with E-state index in [-0.39, 0.29) is 0 Å². The summed E-state index contributed by atoms with van der Waals surface area (Å²) in [7, 11) is 0. The largest absolute Gasteiger partial charge is 0.491 e. The molecule has 2 atom stereocenters. The van der Waals surface area contributed by atoms with Gasteiger partial charge in [0.2, 0.25) is 0 Å². The highest BCUT2D eigenvalue weighted by atomic mass is 16.5. The Morgan fingerprint density at radius 1 is 1.24 bits per heavy atom. The van der Waals surface area contributed by atoms with E-state index >= 15 is 0 Å². The minimum atomic E-state index is 0.548. The molecular weight excluding hydrogens is 266 g/mol. The first kappa shape index (κ1) is 16.0. The van der Waals surface area contributed by atoms with E-state index < -0.39 is 0 Å². The Morgan fingerprint density at radius 2 is 2.05 bits per heavy atom. The number of benzene rings is 1. The van der Waals surface area contributed by atoms with Gasteiger partial charge < -0.3 is 14.4 Å². The van der Waals surface area contributed by atoms with Crippen LogP contribution >= 0.6 is 0 Å². The molecule has 0 amide bonds. The van der Waals surface area contributed by atoms with E-state index in [1.54, 1.807) is 17.0 Å². The molecule has 1 heterocycles. The predicted molar refractivity (Wildman–Crippen MR) is 82.1 cm³/mol. The number of nitrogens with one attached hydrogen (secondary N) is 1. The molecule has 116 valence electrons. The third-order valence-electron chi connectivity index (χ3n) is 3.98. The van der Waals surface area contributed by atoms with Crippen molar-refractivity contribution in [3.05, 3.63) is 29.8 Å². The SMILES string of the molecule is C[C@@H]1CCC[NH+](CCOCCOc2ccc(C=O)cc2)C1. The van der Waals surface area contributed by atoms with Gasteiger partial charge >= 0.3 is 0 Å². The first-order valence-corrected chi connectivity index (χ1v) is 7.87. The fraction of sp³-hybridized carbons (Fsp3) is 0.588. The van der Waals surface area contributed by atoms with Crippen LogP contribution in [0.4, 0.5) is 0 Å². The molecule has 4 nitrogen and oxygen atoms in total. The number of likely N-dealkylation sites (tertiary alicyclic amines) is 1. The summed E-state index contributed by atoms with van der Waals surface area (Å²) in [5, 5.41) is 0. The maximum atomic E-state index is 10.5. The van der Waals surface area contributed by atoms with E-state index in [4.69, 9.17) is 9.47 Å². The molecule has 2 rings (SSSR count). The van der Waals surface area contributed by atoms with Crippen molar-refractivity contribution < 1.29 is 19.2 Å². The molecule has 1 aromatic rings. The van der Waals surface area contributed by atoms with Gasteiger partial charge in [-0.05, 0) is 37.1 Å². The van der Waals surface area contributed by atoms with Gasteiger partial charge in [0.15, 0.2) is 0 Å². The zero-order chi connectivity index (χ0) is 14.9. The molecular formula is C17H26NO3+. The Morgan fingerprint density at radius 3 is 2.76 bits per heavy atom. The van der Waals surface area contributed by atoms with Crippen molar-refractivity contribution in [3.63, 3.8) is 0 Å². The van der Waals surface area contributed by atoms with Crippen molar-refractivity contribution in [1.82, 2.24) is 0 Å². The number of rotatable bonds is 8. The molecule has 0 aliphatic carbocycles. The van der Waals surface area contributed by atoms with Crippen LogP contribution in [0.5, 0.6) is 5.75 Å². The minimum absolute atomic E-state index is 0.548. The van der Waals surface area contributed by atoms with Crippen molar-refractivity contribution in [3.8, 4) is 5.75 Å². The van der Waals surface area contributed by atoms with Crippen LogP contribution in [0.2, 0.25) is 0 Å². The summed E-state index contributed by atoms with van der Waals surface area (Å²) in [5.74, 6) is 1.63. The van der Waals surface area contributed by atoms with Crippen LogP contribution in [0.25, 0.3) is 0 Å². The van der Waals surface area contributed by atoms with Crippen LogP contribution in [0.1, 0.15) is 30.1 Å². The molecule has 0 radical (unpaired) electrons. The number of hydrogen-bond acceptors (Lipinski definition) is 3. The highest BCUT2D eigenvalue weighted by molar-refractivity contribution is 5.74. The van der Waals surface area contributed by atoms with Crippen molar-refractivity contribution in [1.29, 1.82) is 0 Å². The highest BCUT2D eigenvalue weighted by Crippen LogP contribution is 2.10. The summed E-state index contributed by atoms with van der Waals surface area (Å²) in [6.45, 7) is 7.96. The van der Waals surface area contributed by atoms with Gasteiger partial charge in [0.05, 0.1) is 26.3 Å². The molecule has 1 unspecified atom stereocenters. The van der Waals surface area contributed by atoms with Crippen molar-refractivity contribution >= 4 is 6.29 Å². The second kappa shape index (κ2) is 8.80. The van der Waals surface area contributed by atoms with E-state index in [2.05, 4.69) is 6.92 Å². The molecule has 1 aliphatic rings. The average molecular weight is 292 g/mol. The number of quaternary nitrogens is 1. The van der Waals surface area contributed by atoms with Gasteiger partial charge in [0.25, 0.3) is 0 Å². The molecule has 1 saturated heterocycles. The van der Waals surface area contributed by atoms with Crippen LogP contribution < -0.4 is 9.64 Å². The van der Waals surface area contributed by atoms with E-state index in [0.29, 0.717) is 18.8 Å². The summed E-state index contributed by atoms with van der Waals surface area (Å²) in [5.41, 5.74) is 0.664. The molecule has 4 heteroatoms. The quantitative estimate of drug-likeness (QED) is 0.578. The molecule has 0 saturated carbocycles. The number of aldehydes is 1. The molecule has 1 fully saturated rings. The molecule has 1 aromatic carbocycles. The number of carbonyl (C=O) groups excluding carboxylic acids is 1. The maximum absolute atomic E-state index is 10.5. The van der Waals surface area contributed by atoms with E-state index in [0.717, 1.165) is 31.1 Å². The topological polar surface area (TPSA) is 40.0 Å². The molecule has 1 aliphatic heterocycles. The molecule has 0 aromatic heterocycles. The minimum Gasteiger partial charge on any atom is -0.491 e. The van der Waals surface area contributed by atoms with Gasteiger partial charge in [0, 0.05) is 11.5 Å². The van der Waals surface area contributed by atoms with Gasteiger partial charge in [-0.15, -0.1) is 0 Å². The lowest BCUT2D eigenvalue weighted by atomic mass is 10.0. The van der Waals surface area contributed by atoms with Gasteiger partial charge in [-0.3, -0.25) is 4.79 Å². The van der Waals surface area contributed by atoms with Gasteiger partial charge in [0.1, 0.15) is 25.2 Å². The average Bonchev–Trinajstić information content (AvgIpc) is 2.51. The smallest absolute Gasteiger partial charge is 0.150 e. The van der Waals surface area contributed by atoms with E-state index in [9.17, 15) is 4.79 Å². The van der Waals surface area contributed by atoms with Gasteiger partial charge in [-0.1, -0.05) is 6.92 Å². The third-order valence-corrected chi connectivity index (χ3v) is 3.98. The first-order valence-electron chi connectivity index (χ1n) is 7.87. The molecule has 0 spiro atoms. The van der Waals surface area contributed by atoms with Crippen LogP contribution in [0, 0.1) is 5.92 Å². The highest BCUT2D eigenvalue weighted by Gasteiger charge is 2.18. The standard InChI is InChI=1S/C17H25NO3/c1-15-3-2-8-18(13-15)9-10-20-11-12-21-17-6-4-16(14-19)5-7-17/h4-7,14-15H,2-3,8-13H2,1H3/p+1/t15-/m1/s1.